The summed E-state index contributed by atoms with van der Waals surface area (Å²) in [5.74, 6) is -0.450. The van der Waals surface area contributed by atoms with Gasteiger partial charge in [0.25, 0.3) is 0 Å². The van der Waals surface area contributed by atoms with Gasteiger partial charge in [0.05, 0.1) is 6.61 Å². The van der Waals surface area contributed by atoms with Crippen LogP contribution in [0.4, 0.5) is 0 Å². The average molecular weight is 206 g/mol. The van der Waals surface area contributed by atoms with Crippen molar-refractivity contribution in [3.8, 4) is 5.75 Å². The molecule has 2 heterocycles. The van der Waals surface area contributed by atoms with Crippen LogP contribution in [0.2, 0.25) is 0 Å². The van der Waals surface area contributed by atoms with Gasteiger partial charge in [-0.1, -0.05) is 0 Å². The molecule has 5 heteroatoms. The Hall–Kier alpha value is -2.04. The van der Waals surface area contributed by atoms with E-state index in [1.807, 2.05) is 6.92 Å². The number of ether oxygens (including phenoxy) is 1. The normalized spacial score (nSPS) is 10.5. The summed E-state index contributed by atoms with van der Waals surface area (Å²) in [5, 5.41) is 8.79. The lowest BCUT2D eigenvalue weighted by Gasteiger charge is -2.02. The summed E-state index contributed by atoms with van der Waals surface area (Å²) in [5.41, 5.74) is 0.541. The van der Waals surface area contributed by atoms with E-state index in [2.05, 4.69) is 4.98 Å². The van der Waals surface area contributed by atoms with Crippen LogP contribution in [0.3, 0.4) is 0 Å². The summed E-state index contributed by atoms with van der Waals surface area (Å²) < 4.78 is 6.97. The highest BCUT2D eigenvalue weighted by Gasteiger charge is 2.11. The van der Waals surface area contributed by atoms with E-state index in [1.165, 1.54) is 6.20 Å². The third-order valence-corrected chi connectivity index (χ3v) is 1.97. The van der Waals surface area contributed by atoms with Gasteiger partial charge in [0.2, 0.25) is 0 Å². The molecule has 2 aromatic heterocycles. The number of carboxylic acids is 1. The minimum Gasteiger partial charge on any atom is -0.490 e. The molecule has 0 radical (unpaired) electrons. The largest absolute Gasteiger partial charge is 0.490 e. The molecule has 0 bridgehead atoms. The number of hydrogen-bond donors (Lipinski definition) is 1. The molecule has 0 aromatic carbocycles. The highest BCUT2D eigenvalue weighted by Crippen LogP contribution is 2.18. The maximum Gasteiger partial charge on any atom is 0.356 e. The average Bonchev–Trinajstić information content (AvgIpc) is 2.63. The molecule has 2 aromatic rings. The van der Waals surface area contributed by atoms with E-state index >= 15 is 0 Å². The van der Waals surface area contributed by atoms with Gasteiger partial charge in [-0.05, 0) is 19.1 Å². The van der Waals surface area contributed by atoms with Gasteiger partial charge in [0.1, 0.15) is 0 Å². The van der Waals surface area contributed by atoms with Crippen molar-refractivity contribution < 1.29 is 14.6 Å². The third kappa shape index (κ3) is 1.63. The van der Waals surface area contributed by atoms with Crippen molar-refractivity contribution in [3.05, 3.63) is 30.2 Å². The SMILES string of the molecule is CCOc1cccn2cc(C(=O)O)nc12. The van der Waals surface area contributed by atoms with E-state index in [9.17, 15) is 4.79 Å². The van der Waals surface area contributed by atoms with Gasteiger partial charge in [-0.25, -0.2) is 9.78 Å². The van der Waals surface area contributed by atoms with Crippen LogP contribution in [0.5, 0.6) is 5.75 Å². The quantitative estimate of drug-likeness (QED) is 0.825. The van der Waals surface area contributed by atoms with E-state index in [1.54, 1.807) is 22.7 Å². The predicted molar refractivity (Wildman–Crippen MR) is 53.3 cm³/mol. The van der Waals surface area contributed by atoms with E-state index in [0.717, 1.165) is 0 Å². The van der Waals surface area contributed by atoms with Gasteiger partial charge in [0.15, 0.2) is 17.1 Å². The predicted octanol–water partition coefficient (Wildman–Crippen LogP) is 1.43. The fourth-order valence-electron chi connectivity index (χ4n) is 1.36. The van der Waals surface area contributed by atoms with Crippen LogP contribution in [-0.4, -0.2) is 27.1 Å². The zero-order valence-corrected chi connectivity index (χ0v) is 8.17. The van der Waals surface area contributed by atoms with Crippen molar-refractivity contribution in [2.45, 2.75) is 6.92 Å². The van der Waals surface area contributed by atoms with Crippen LogP contribution in [-0.2, 0) is 0 Å². The molecule has 0 spiro atoms. The highest BCUT2D eigenvalue weighted by molar-refractivity contribution is 5.86. The Morgan fingerprint density at radius 3 is 3.13 bits per heavy atom. The first-order valence-electron chi connectivity index (χ1n) is 4.56. The Labute approximate surface area is 85.9 Å². The molecule has 0 atom stereocenters. The standard InChI is InChI=1S/C10H10N2O3/c1-2-15-8-4-3-5-12-6-7(10(13)14)11-9(8)12/h3-6H,2H2,1H3,(H,13,14). The summed E-state index contributed by atoms with van der Waals surface area (Å²) in [6, 6.07) is 3.54. The topological polar surface area (TPSA) is 63.8 Å². The number of carbonyl (C=O) groups is 1. The van der Waals surface area contributed by atoms with Gasteiger partial charge in [-0.3, -0.25) is 0 Å². The number of imidazole rings is 1. The van der Waals surface area contributed by atoms with Crippen LogP contribution < -0.4 is 4.74 Å². The molecule has 0 aliphatic heterocycles. The highest BCUT2D eigenvalue weighted by atomic mass is 16.5. The second-order valence-electron chi connectivity index (χ2n) is 2.97. The summed E-state index contributed by atoms with van der Waals surface area (Å²) in [4.78, 5) is 14.7. The van der Waals surface area contributed by atoms with Crippen LogP contribution in [0, 0.1) is 0 Å². The molecule has 0 aliphatic carbocycles. The first-order chi connectivity index (χ1) is 7.22. The number of hydrogen-bond acceptors (Lipinski definition) is 3. The first-order valence-corrected chi connectivity index (χ1v) is 4.56. The van der Waals surface area contributed by atoms with Crippen LogP contribution in [0.1, 0.15) is 17.4 Å². The van der Waals surface area contributed by atoms with Crippen molar-refractivity contribution in [1.82, 2.24) is 9.38 Å². The minimum absolute atomic E-state index is 0.0159. The molecular weight excluding hydrogens is 196 g/mol. The fourth-order valence-corrected chi connectivity index (χ4v) is 1.36. The van der Waals surface area contributed by atoms with E-state index in [0.29, 0.717) is 18.0 Å². The van der Waals surface area contributed by atoms with E-state index in [4.69, 9.17) is 9.84 Å². The van der Waals surface area contributed by atoms with Crippen LogP contribution in [0.15, 0.2) is 24.5 Å². The second kappa shape index (κ2) is 3.61. The van der Waals surface area contributed by atoms with Gasteiger partial charge < -0.3 is 14.2 Å². The molecular formula is C10H10N2O3. The molecule has 0 saturated heterocycles. The number of aromatic nitrogens is 2. The zero-order chi connectivity index (χ0) is 10.8. The smallest absolute Gasteiger partial charge is 0.356 e. The fraction of sp³-hybridized carbons (Fsp3) is 0.200. The van der Waals surface area contributed by atoms with Crippen molar-refractivity contribution in [3.63, 3.8) is 0 Å². The van der Waals surface area contributed by atoms with Crippen LogP contribution >= 0.6 is 0 Å². The van der Waals surface area contributed by atoms with Crippen molar-refractivity contribution >= 4 is 11.6 Å². The van der Waals surface area contributed by atoms with Crippen molar-refractivity contribution in [2.24, 2.45) is 0 Å². The van der Waals surface area contributed by atoms with Gasteiger partial charge in [0, 0.05) is 12.4 Å². The number of rotatable bonds is 3. The molecule has 5 nitrogen and oxygen atoms in total. The summed E-state index contributed by atoms with van der Waals surface area (Å²) in [6.45, 7) is 2.39. The molecule has 0 unspecified atom stereocenters. The van der Waals surface area contributed by atoms with Gasteiger partial charge in [-0.2, -0.15) is 0 Å². The number of nitrogens with zero attached hydrogens (tertiary/aromatic N) is 2. The molecule has 2 rings (SSSR count). The van der Waals surface area contributed by atoms with E-state index in [-0.39, 0.29) is 5.69 Å². The molecule has 1 N–H and O–H groups in total. The number of carboxylic acid groups (broad SMARTS) is 1. The molecule has 0 fully saturated rings. The molecule has 0 saturated carbocycles. The zero-order valence-electron chi connectivity index (χ0n) is 8.17. The summed E-state index contributed by atoms with van der Waals surface area (Å²) >= 11 is 0. The lowest BCUT2D eigenvalue weighted by atomic mass is 10.4. The Morgan fingerprint density at radius 1 is 1.67 bits per heavy atom. The minimum atomic E-state index is -1.04. The van der Waals surface area contributed by atoms with Gasteiger partial charge in [-0.15, -0.1) is 0 Å². The number of aromatic carboxylic acids is 1. The van der Waals surface area contributed by atoms with Crippen molar-refractivity contribution in [1.29, 1.82) is 0 Å². The van der Waals surface area contributed by atoms with Crippen molar-refractivity contribution in [2.75, 3.05) is 6.61 Å². The van der Waals surface area contributed by atoms with Crippen LogP contribution in [0.25, 0.3) is 5.65 Å². The molecule has 0 amide bonds. The third-order valence-electron chi connectivity index (χ3n) is 1.97. The molecule has 0 aliphatic rings. The monoisotopic (exact) mass is 206 g/mol. The Balaban J connectivity index is 2.59. The Morgan fingerprint density at radius 2 is 2.47 bits per heavy atom. The number of pyridine rings is 1. The first kappa shape index (κ1) is 9.51. The summed E-state index contributed by atoms with van der Waals surface area (Å²) in [6.07, 6.45) is 3.19. The lowest BCUT2D eigenvalue weighted by molar-refractivity contribution is 0.0691. The Kier molecular flexibility index (Phi) is 2.29. The maximum absolute atomic E-state index is 10.7. The molecule has 15 heavy (non-hydrogen) atoms. The Bertz CT molecular complexity index is 504. The maximum atomic E-state index is 10.7. The van der Waals surface area contributed by atoms with E-state index < -0.39 is 5.97 Å². The molecule has 78 valence electrons. The number of fused-ring (bicyclic) bond motifs is 1. The second-order valence-corrected chi connectivity index (χ2v) is 2.97. The summed E-state index contributed by atoms with van der Waals surface area (Å²) in [7, 11) is 0. The lowest BCUT2D eigenvalue weighted by Crippen LogP contribution is -1.96. The van der Waals surface area contributed by atoms with Gasteiger partial charge >= 0.3 is 5.97 Å².